The molecule has 0 aromatic heterocycles. The van der Waals surface area contributed by atoms with Crippen LogP contribution in [0.3, 0.4) is 0 Å². The Morgan fingerprint density at radius 2 is 1.44 bits per heavy atom. The van der Waals surface area contributed by atoms with E-state index < -0.39 is 12.0 Å². The molecule has 1 N–H and O–H groups in total. The molecule has 3 rings (SSSR count). The van der Waals surface area contributed by atoms with E-state index in [9.17, 15) is 9.59 Å². The van der Waals surface area contributed by atoms with Crippen molar-refractivity contribution >= 4 is 11.9 Å². The fraction of sp³-hybridized carbons (Fsp3) is 0.231. The number of para-hydroxylation sites is 1. The Labute approximate surface area is 188 Å². The summed E-state index contributed by atoms with van der Waals surface area (Å²) in [4.78, 5) is 25.2. The quantitative estimate of drug-likeness (QED) is 0.365. The molecule has 6 heteroatoms. The Morgan fingerprint density at radius 1 is 0.812 bits per heavy atom. The largest absolute Gasteiger partial charge is 0.490 e. The minimum Gasteiger partial charge on any atom is -0.490 e. The standard InChI is InChI=1S/C26H27NO5/c1-2-30-26(29)24(18-20-10-5-3-6-11-20)27-25(28)21-12-9-15-23(19-21)32-17-16-31-22-13-7-4-8-14-22/h3-15,19,24H,2,16-18H2,1H3,(H,27,28). The predicted molar refractivity (Wildman–Crippen MR) is 122 cm³/mol. The smallest absolute Gasteiger partial charge is 0.328 e. The lowest BCUT2D eigenvalue weighted by Gasteiger charge is -2.18. The van der Waals surface area contributed by atoms with Crippen molar-refractivity contribution in [2.24, 2.45) is 0 Å². The second-order valence-corrected chi connectivity index (χ2v) is 7.01. The molecule has 3 aromatic rings. The first-order valence-electron chi connectivity index (χ1n) is 10.6. The van der Waals surface area contributed by atoms with Gasteiger partial charge < -0.3 is 19.5 Å². The number of carbonyl (C=O) groups is 2. The summed E-state index contributed by atoms with van der Waals surface area (Å²) in [6.07, 6.45) is 0.346. The zero-order chi connectivity index (χ0) is 22.6. The van der Waals surface area contributed by atoms with Gasteiger partial charge in [-0.2, -0.15) is 0 Å². The van der Waals surface area contributed by atoms with Gasteiger partial charge >= 0.3 is 5.97 Å². The highest BCUT2D eigenvalue weighted by Crippen LogP contribution is 2.15. The second-order valence-electron chi connectivity index (χ2n) is 7.01. The molecule has 0 aliphatic rings. The maximum Gasteiger partial charge on any atom is 0.328 e. The number of hydrogen-bond acceptors (Lipinski definition) is 5. The van der Waals surface area contributed by atoms with Gasteiger partial charge in [0.25, 0.3) is 5.91 Å². The number of rotatable bonds is 11. The Bertz CT molecular complexity index is 991. The molecule has 0 bridgehead atoms. The van der Waals surface area contributed by atoms with Gasteiger partial charge in [-0.25, -0.2) is 4.79 Å². The molecule has 3 aromatic carbocycles. The van der Waals surface area contributed by atoms with Crippen molar-refractivity contribution in [1.29, 1.82) is 0 Å². The zero-order valence-corrected chi connectivity index (χ0v) is 18.0. The van der Waals surface area contributed by atoms with E-state index in [1.807, 2.05) is 60.7 Å². The maximum atomic E-state index is 12.8. The van der Waals surface area contributed by atoms with Crippen molar-refractivity contribution in [1.82, 2.24) is 5.32 Å². The molecular formula is C26H27NO5. The van der Waals surface area contributed by atoms with E-state index in [1.165, 1.54) is 0 Å². The Morgan fingerprint density at radius 3 is 2.12 bits per heavy atom. The summed E-state index contributed by atoms with van der Waals surface area (Å²) >= 11 is 0. The van der Waals surface area contributed by atoms with Crippen LogP contribution in [0.2, 0.25) is 0 Å². The first kappa shape index (κ1) is 22.9. The van der Waals surface area contributed by atoms with Crippen molar-refractivity contribution < 1.29 is 23.8 Å². The molecule has 166 valence electrons. The predicted octanol–water partition coefficient (Wildman–Crippen LogP) is 4.05. The van der Waals surface area contributed by atoms with Gasteiger partial charge in [0.1, 0.15) is 30.8 Å². The average Bonchev–Trinajstić information content (AvgIpc) is 2.83. The van der Waals surface area contributed by atoms with Crippen LogP contribution in [-0.4, -0.2) is 37.7 Å². The average molecular weight is 434 g/mol. The molecule has 6 nitrogen and oxygen atoms in total. The lowest BCUT2D eigenvalue weighted by Crippen LogP contribution is -2.43. The fourth-order valence-corrected chi connectivity index (χ4v) is 3.09. The van der Waals surface area contributed by atoms with Gasteiger partial charge in [0.15, 0.2) is 0 Å². The van der Waals surface area contributed by atoms with Gasteiger partial charge in [0.05, 0.1) is 6.61 Å². The molecule has 0 aliphatic carbocycles. The molecule has 1 amide bonds. The normalized spacial score (nSPS) is 11.3. The van der Waals surface area contributed by atoms with Gasteiger partial charge in [-0.1, -0.05) is 54.6 Å². The summed E-state index contributed by atoms with van der Waals surface area (Å²) < 4.78 is 16.5. The molecule has 0 saturated heterocycles. The van der Waals surface area contributed by atoms with E-state index in [4.69, 9.17) is 14.2 Å². The van der Waals surface area contributed by atoms with Crippen molar-refractivity contribution in [3.63, 3.8) is 0 Å². The zero-order valence-electron chi connectivity index (χ0n) is 18.0. The van der Waals surface area contributed by atoms with Crippen LogP contribution in [0.4, 0.5) is 0 Å². The van der Waals surface area contributed by atoms with Crippen molar-refractivity contribution in [2.45, 2.75) is 19.4 Å². The van der Waals surface area contributed by atoms with Gasteiger partial charge in [0, 0.05) is 12.0 Å². The van der Waals surface area contributed by atoms with Crippen LogP contribution in [0.25, 0.3) is 0 Å². The third-order valence-corrected chi connectivity index (χ3v) is 4.62. The molecule has 0 aliphatic heterocycles. The lowest BCUT2D eigenvalue weighted by molar-refractivity contribution is -0.145. The lowest BCUT2D eigenvalue weighted by atomic mass is 10.1. The van der Waals surface area contributed by atoms with Gasteiger partial charge in [-0.3, -0.25) is 4.79 Å². The molecule has 0 fully saturated rings. The number of carbonyl (C=O) groups excluding carboxylic acids is 2. The first-order chi connectivity index (χ1) is 15.7. The highest BCUT2D eigenvalue weighted by Gasteiger charge is 2.23. The molecular weight excluding hydrogens is 406 g/mol. The van der Waals surface area contributed by atoms with E-state index >= 15 is 0 Å². The third-order valence-electron chi connectivity index (χ3n) is 4.62. The van der Waals surface area contributed by atoms with Crippen LogP contribution in [0.1, 0.15) is 22.8 Å². The molecule has 32 heavy (non-hydrogen) atoms. The fourth-order valence-electron chi connectivity index (χ4n) is 3.09. The topological polar surface area (TPSA) is 73.9 Å². The van der Waals surface area contributed by atoms with Gasteiger partial charge in [0.2, 0.25) is 0 Å². The molecule has 0 spiro atoms. The first-order valence-corrected chi connectivity index (χ1v) is 10.6. The number of esters is 1. The molecule has 0 radical (unpaired) electrons. The van der Waals surface area contributed by atoms with E-state index in [0.29, 0.717) is 30.9 Å². The van der Waals surface area contributed by atoms with Crippen molar-refractivity contribution in [2.75, 3.05) is 19.8 Å². The van der Waals surface area contributed by atoms with E-state index in [1.54, 1.807) is 31.2 Å². The third kappa shape index (κ3) is 7.16. The van der Waals surface area contributed by atoms with E-state index in [0.717, 1.165) is 11.3 Å². The summed E-state index contributed by atoms with van der Waals surface area (Å²) in [5.74, 6) is 0.484. The summed E-state index contributed by atoms with van der Waals surface area (Å²) in [7, 11) is 0. The van der Waals surface area contributed by atoms with Crippen LogP contribution in [0, 0.1) is 0 Å². The maximum absolute atomic E-state index is 12.8. The minimum absolute atomic E-state index is 0.244. The summed E-state index contributed by atoms with van der Waals surface area (Å²) in [6.45, 7) is 2.69. The Kier molecular flexibility index (Phi) is 8.69. The SMILES string of the molecule is CCOC(=O)C(Cc1ccccc1)NC(=O)c1cccc(OCCOc2ccccc2)c1. The second kappa shape index (κ2) is 12.2. The number of nitrogens with one attached hydrogen (secondary N) is 1. The molecule has 1 unspecified atom stereocenters. The van der Waals surface area contributed by atoms with Crippen LogP contribution >= 0.6 is 0 Å². The van der Waals surface area contributed by atoms with Gasteiger partial charge in [-0.15, -0.1) is 0 Å². The molecule has 0 heterocycles. The monoisotopic (exact) mass is 433 g/mol. The van der Waals surface area contributed by atoms with Crippen molar-refractivity contribution in [3.8, 4) is 11.5 Å². The summed E-state index contributed by atoms with van der Waals surface area (Å²) in [5.41, 5.74) is 1.33. The van der Waals surface area contributed by atoms with E-state index in [-0.39, 0.29) is 12.5 Å². The van der Waals surface area contributed by atoms with E-state index in [2.05, 4.69) is 5.32 Å². The molecule has 0 saturated carbocycles. The highest BCUT2D eigenvalue weighted by molar-refractivity contribution is 5.97. The highest BCUT2D eigenvalue weighted by atomic mass is 16.5. The Balaban J connectivity index is 1.58. The van der Waals surface area contributed by atoms with Gasteiger partial charge in [-0.05, 0) is 42.8 Å². The van der Waals surface area contributed by atoms with Crippen LogP contribution in [0.15, 0.2) is 84.9 Å². The van der Waals surface area contributed by atoms with Crippen LogP contribution in [0.5, 0.6) is 11.5 Å². The number of amides is 1. The Hall–Kier alpha value is -3.80. The number of benzene rings is 3. The van der Waals surface area contributed by atoms with Crippen LogP contribution < -0.4 is 14.8 Å². The number of ether oxygens (including phenoxy) is 3. The van der Waals surface area contributed by atoms with Crippen molar-refractivity contribution in [3.05, 3.63) is 96.1 Å². The molecule has 1 atom stereocenters. The van der Waals surface area contributed by atoms with Crippen LogP contribution in [-0.2, 0) is 16.0 Å². The minimum atomic E-state index is -0.784. The summed E-state index contributed by atoms with van der Waals surface area (Å²) in [5, 5.41) is 2.79. The summed E-state index contributed by atoms with van der Waals surface area (Å²) in [6, 6.07) is 25.0. The number of hydrogen-bond donors (Lipinski definition) is 1.